The highest BCUT2D eigenvalue weighted by atomic mass is 16.5. The molecule has 1 atom stereocenters. The maximum Gasteiger partial charge on any atom is 0.267 e. The second-order valence-electron chi connectivity index (χ2n) is 5.47. The Kier molecular flexibility index (Phi) is 5.20. The smallest absolute Gasteiger partial charge is 0.267 e. The van der Waals surface area contributed by atoms with Gasteiger partial charge >= 0.3 is 0 Å². The van der Waals surface area contributed by atoms with E-state index >= 15 is 0 Å². The first kappa shape index (κ1) is 16.8. The maximum atomic E-state index is 11.9. The average molecular weight is 319 g/mol. The summed E-state index contributed by atoms with van der Waals surface area (Å²) >= 11 is 0. The van der Waals surface area contributed by atoms with Gasteiger partial charge in [0.05, 0.1) is 12.1 Å². The van der Waals surface area contributed by atoms with Crippen molar-refractivity contribution in [1.29, 1.82) is 0 Å². The number of fused-ring (bicyclic) bond motifs is 1. The molecular weight excluding hydrogens is 298 g/mol. The summed E-state index contributed by atoms with van der Waals surface area (Å²) < 4.78 is 5.54. The highest BCUT2D eigenvalue weighted by Crippen LogP contribution is 2.33. The third kappa shape index (κ3) is 4.21. The number of nitrogens with zero attached hydrogens (tertiary/aromatic N) is 1. The monoisotopic (exact) mass is 319 g/mol. The molecule has 1 aromatic carbocycles. The third-order valence-corrected chi connectivity index (χ3v) is 3.55. The topological polar surface area (TPSA) is 87.7 Å². The fraction of sp³-hybridized carbons (Fsp3) is 0.438. The van der Waals surface area contributed by atoms with E-state index in [0.717, 1.165) is 5.56 Å². The van der Waals surface area contributed by atoms with E-state index in [1.54, 1.807) is 31.0 Å². The minimum atomic E-state index is -0.504. The molecule has 1 heterocycles. The normalized spacial score (nSPS) is 16.4. The molecule has 1 unspecified atom stereocenters. The molecule has 0 aliphatic carbocycles. The number of amides is 3. The zero-order valence-electron chi connectivity index (χ0n) is 13.5. The van der Waals surface area contributed by atoms with Gasteiger partial charge in [0.15, 0.2) is 6.10 Å². The van der Waals surface area contributed by atoms with Gasteiger partial charge in [-0.3, -0.25) is 14.4 Å². The van der Waals surface area contributed by atoms with E-state index in [-0.39, 0.29) is 24.1 Å². The number of anilines is 1. The molecule has 0 saturated heterocycles. The molecule has 0 aromatic heterocycles. The van der Waals surface area contributed by atoms with E-state index in [4.69, 9.17) is 4.74 Å². The zero-order chi connectivity index (χ0) is 17.0. The third-order valence-electron chi connectivity index (χ3n) is 3.55. The van der Waals surface area contributed by atoms with Crippen molar-refractivity contribution in [1.82, 2.24) is 10.6 Å². The minimum absolute atomic E-state index is 0.116. The predicted molar refractivity (Wildman–Crippen MR) is 85.3 cm³/mol. The molecule has 1 aliphatic rings. The average Bonchev–Trinajstić information content (AvgIpc) is 2.50. The number of carbonyl (C=O) groups is 3. The van der Waals surface area contributed by atoms with Crippen LogP contribution in [0, 0.1) is 0 Å². The number of nitrogens with one attached hydrogen (secondary N) is 2. The molecule has 2 rings (SSSR count). The van der Waals surface area contributed by atoms with Crippen LogP contribution in [0.5, 0.6) is 5.75 Å². The molecule has 1 aromatic rings. The van der Waals surface area contributed by atoms with E-state index < -0.39 is 6.10 Å². The van der Waals surface area contributed by atoms with Crippen LogP contribution in [0.1, 0.15) is 19.4 Å². The van der Waals surface area contributed by atoms with Crippen molar-refractivity contribution in [3.05, 3.63) is 23.8 Å². The minimum Gasteiger partial charge on any atom is -0.479 e. The number of likely N-dealkylation sites (N-methyl/N-ethyl adjacent to an activating group) is 1. The van der Waals surface area contributed by atoms with Gasteiger partial charge in [-0.05, 0) is 24.6 Å². The molecule has 0 bridgehead atoms. The van der Waals surface area contributed by atoms with Gasteiger partial charge in [-0.2, -0.15) is 0 Å². The van der Waals surface area contributed by atoms with E-state index in [1.807, 2.05) is 6.07 Å². The Labute approximate surface area is 135 Å². The largest absolute Gasteiger partial charge is 0.479 e. The van der Waals surface area contributed by atoms with Gasteiger partial charge in [0.25, 0.3) is 5.91 Å². The van der Waals surface area contributed by atoms with Crippen molar-refractivity contribution in [2.24, 2.45) is 0 Å². The lowest BCUT2D eigenvalue weighted by Crippen LogP contribution is -2.42. The standard InChI is InChI=1S/C16H21N3O4/c1-10-16(22)19(3)13-8-12(4-5-14(13)23-10)9-15(21)18-7-6-17-11(2)20/h4-5,8,10H,6-7,9H2,1-3H3,(H,17,20)(H,18,21). The first-order valence-corrected chi connectivity index (χ1v) is 7.46. The number of benzene rings is 1. The molecule has 23 heavy (non-hydrogen) atoms. The van der Waals surface area contributed by atoms with E-state index in [9.17, 15) is 14.4 Å². The van der Waals surface area contributed by atoms with Crippen LogP contribution in [0.4, 0.5) is 5.69 Å². The van der Waals surface area contributed by atoms with Gasteiger partial charge in [-0.15, -0.1) is 0 Å². The Balaban J connectivity index is 1.96. The Bertz CT molecular complexity index is 630. The van der Waals surface area contributed by atoms with Gasteiger partial charge in [-0.25, -0.2) is 0 Å². The van der Waals surface area contributed by atoms with Crippen molar-refractivity contribution < 1.29 is 19.1 Å². The Morgan fingerprint density at radius 1 is 1.26 bits per heavy atom. The molecule has 2 N–H and O–H groups in total. The van der Waals surface area contributed by atoms with Crippen molar-refractivity contribution in [3.8, 4) is 5.75 Å². The molecule has 3 amide bonds. The molecule has 7 heteroatoms. The number of hydrogen-bond donors (Lipinski definition) is 2. The first-order chi connectivity index (χ1) is 10.9. The van der Waals surface area contributed by atoms with E-state index in [0.29, 0.717) is 24.5 Å². The van der Waals surface area contributed by atoms with Crippen molar-refractivity contribution in [2.45, 2.75) is 26.4 Å². The molecular formula is C16H21N3O4. The van der Waals surface area contributed by atoms with Crippen LogP contribution in [0.25, 0.3) is 0 Å². The van der Waals surface area contributed by atoms with Crippen molar-refractivity contribution in [3.63, 3.8) is 0 Å². The lowest BCUT2D eigenvalue weighted by atomic mass is 10.1. The lowest BCUT2D eigenvalue weighted by Gasteiger charge is -2.30. The van der Waals surface area contributed by atoms with Crippen molar-refractivity contribution >= 4 is 23.4 Å². The van der Waals surface area contributed by atoms with Crippen LogP contribution in [0.3, 0.4) is 0 Å². The molecule has 1 aliphatic heterocycles. The highest BCUT2D eigenvalue weighted by Gasteiger charge is 2.28. The van der Waals surface area contributed by atoms with Crippen LogP contribution >= 0.6 is 0 Å². The Morgan fingerprint density at radius 3 is 2.65 bits per heavy atom. The molecule has 0 spiro atoms. The van der Waals surface area contributed by atoms with Crippen LogP contribution in [-0.4, -0.2) is 44.0 Å². The first-order valence-electron chi connectivity index (χ1n) is 7.46. The predicted octanol–water partition coefficient (Wildman–Crippen LogP) is 0.225. The molecule has 7 nitrogen and oxygen atoms in total. The summed E-state index contributed by atoms with van der Waals surface area (Å²) in [6, 6.07) is 5.36. The van der Waals surface area contributed by atoms with Crippen LogP contribution in [0.2, 0.25) is 0 Å². The summed E-state index contributed by atoms with van der Waals surface area (Å²) in [6.45, 7) is 3.91. The van der Waals surface area contributed by atoms with Gasteiger partial charge in [0, 0.05) is 27.1 Å². The number of ether oxygens (including phenoxy) is 1. The molecule has 0 radical (unpaired) electrons. The fourth-order valence-electron chi connectivity index (χ4n) is 2.36. The maximum absolute atomic E-state index is 11.9. The lowest BCUT2D eigenvalue weighted by molar-refractivity contribution is -0.125. The highest BCUT2D eigenvalue weighted by molar-refractivity contribution is 5.99. The van der Waals surface area contributed by atoms with Gasteiger partial charge < -0.3 is 20.3 Å². The summed E-state index contributed by atoms with van der Waals surface area (Å²) in [5.41, 5.74) is 1.45. The molecule has 0 fully saturated rings. The van der Waals surface area contributed by atoms with Gasteiger partial charge in [0.1, 0.15) is 5.75 Å². The number of hydrogen-bond acceptors (Lipinski definition) is 4. The summed E-state index contributed by atoms with van der Waals surface area (Å²) in [5.74, 6) is 0.245. The summed E-state index contributed by atoms with van der Waals surface area (Å²) in [4.78, 5) is 36.1. The quantitative estimate of drug-likeness (QED) is 0.760. The number of rotatable bonds is 5. The SMILES string of the molecule is CC(=O)NCCNC(=O)Cc1ccc2c(c1)N(C)C(=O)C(C)O2. The van der Waals surface area contributed by atoms with E-state index in [2.05, 4.69) is 10.6 Å². The second kappa shape index (κ2) is 7.13. The van der Waals surface area contributed by atoms with Gasteiger partial charge in [-0.1, -0.05) is 6.07 Å². The van der Waals surface area contributed by atoms with Crippen LogP contribution in [0.15, 0.2) is 18.2 Å². The second-order valence-corrected chi connectivity index (χ2v) is 5.47. The van der Waals surface area contributed by atoms with Crippen LogP contribution in [-0.2, 0) is 20.8 Å². The Hall–Kier alpha value is -2.57. The number of carbonyl (C=O) groups excluding carboxylic acids is 3. The summed E-state index contributed by atoms with van der Waals surface area (Å²) in [7, 11) is 1.69. The molecule has 124 valence electrons. The van der Waals surface area contributed by atoms with Crippen molar-refractivity contribution in [2.75, 3.05) is 25.0 Å². The fourth-order valence-corrected chi connectivity index (χ4v) is 2.36. The summed E-state index contributed by atoms with van der Waals surface area (Å²) in [6.07, 6.45) is -0.305. The Morgan fingerprint density at radius 2 is 1.96 bits per heavy atom. The zero-order valence-corrected chi connectivity index (χ0v) is 13.5. The van der Waals surface area contributed by atoms with Crippen LogP contribution < -0.4 is 20.3 Å². The van der Waals surface area contributed by atoms with Gasteiger partial charge in [0.2, 0.25) is 11.8 Å². The summed E-state index contributed by atoms with van der Waals surface area (Å²) in [5, 5.41) is 5.33. The van der Waals surface area contributed by atoms with E-state index in [1.165, 1.54) is 6.92 Å². The molecule has 0 saturated carbocycles.